The van der Waals surface area contributed by atoms with Gasteiger partial charge in [0, 0.05) is 11.5 Å². The number of rotatable bonds is 5. The Labute approximate surface area is 163 Å². The zero-order valence-corrected chi connectivity index (χ0v) is 15.8. The Kier molecular flexibility index (Phi) is 4.14. The maximum atomic E-state index is 14.9. The standard InChI is InChI=1S/C23H24FNO3/c24-19-6-7-20(25(26)27)21(22(19)28-14-15-4-2-1-3-5-15)23-11-16-8-17(12-23)10-18(9-16)13-23/h1-7,16-18H,8-14H2. The van der Waals surface area contributed by atoms with Gasteiger partial charge >= 0.3 is 0 Å². The number of benzene rings is 2. The first-order chi connectivity index (χ1) is 13.5. The predicted molar refractivity (Wildman–Crippen MR) is 104 cm³/mol. The monoisotopic (exact) mass is 381 g/mol. The zero-order valence-electron chi connectivity index (χ0n) is 15.8. The highest BCUT2D eigenvalue weighted by Gasteiger charge is 2.55. The minimum atomic E-state index is -0.493. The normalized spacial score (nSPS) is 30.4. The lowest BCUT2D eigenvalue weighted by atomic mass is 9.47. The molecular formula is C23H24FNO3. The molecule has 4 aliphatic rings. The lowest BCUT2D eigenvalue weighted by Gasteiger charge is -2.56. The third kappa shape index (κ3) is 2.88. The number of nitro benzene ring substituents is 1. The van der Waals surface area contributed by atoms with E-state index in [0.29, 0.717) is 23.3 Å². The molecule has 0 saturated heterocycles. The van der Waals surface area contributed by atoms with Gasteiger partial charge in [-0.15, -0.1) is 0 Å². The average molecular weight is 381 g/mol. The summed E-state index contributed by atoms with van der Waals surface area (Å²) in [6.07, 6.45) is 6.44. The summed E-state index contributed by atoms with van der Waals surface area (Å²) >= 11 is 0. The lowest BCUT2D eigenvalue weighted by molar-refractivity contribution is -0.386. The fourth-order valence-electron chi connectivity index (χ4n) is 6.50. The van der Waals surface area contributed by atoms with Crippen LogP contribution in [-0.2, 0) is 12.0 Å². The van der Waals surface area contributed by atoms with Crippen molar-refractivity contribution in [3.63, 3.8) is 0 Å². The Morgan fingerprint density at radius 2 is 1.61 bits per heavy atom. The van der Waals surface area contributed by atoms with Crippen LogP contribution in [-0.4, -0.2) is 4.92 Å². The molecule has 5 heteroatoms. The van der Waals surface area contributed by atoms with Crippen molar-refractivity contribution < 1.29 is 14.1 Å². The van der Waals surface area contributed by atoms with E-state index in [1.807, 2.05) is 30.3 Å². The molecule has 0 heterocycles. The fourth-order valence-corrected chi connectivity index (χ4v) is 6.50. The maximum absolute atomic E-state index is 14.9. The van der Waals surface area contributed by atoms with Crippen molar-refractivity contribution in [2.75, 3.05) is 0 Å². The molecule has 4 nitrogen and oxygen atoms in total. The van der Waals surface area contributed by atoms with Crippen LogP contribution in [0.15, 0.2) is 42.5 Å². The molecule has 0 unspecified atom stereocenters. The molecule has 0 atom stereocenters. The van der Waals surface area contributed by atoms with E-state index in [4.69, 9.17) is 4.74 Å². The smallest absolute Gasteiger partial charge is 0.277 e. The van der Waals surface area contributed by atoms with Gasteiger partial charge in [-0.05, 0) is 67.9 Å². The Bertz CT molecular complexity index is 876. The first kappa shape index (κ1) is 17.7. The molecule has 0 aliphatic heterocycles. The molecule has 4 saturated carbocycles. The second kappa shape index (κ2) is 6.57. The Balaban J connectivity index is 1.59. The van der Waals surface area contributed by atoms with Crippen LogP contribution < -0.4 is 4.74 Å². The molecule has 4 aliphatic carbocycles. The molecule has 6 rings (SSSR count). The van der Waals surface area contributed by atoms with Crippen molar-refractivity contribution in [3.05, 3.63) is 69.5 Å². The second-order valence-corrected chi connectivity index (χ2v) is 9.00. The van der Waals surface area contributed by atoms with Crippen molar-refractivity contribution in [1.29, 1.82) is 0 Å². The molecule has 28 heavy (non-hydrogen) atoms. The van der Waals surface area contributed by atoms with E-state index in [9.17, 15) is 14.5 Å². The van der Waals surface area contributed by atoms with Gasteiger partial charge in [0.1, 0.15) is 6.61 Å². The van der Waals surface area contributed by atoms with Crippen molar-refractivity contribution >= 4 is 5.69 Å². The first-order valence-corrected chi connectivity index (χ1v) is 10.2. The molecule has 2 aromatic rings. The molecular weight excluding hydrogens is 357 g/mol. The summed E-state index contributed by atoms with van der Waals surface area (Å²) in [5, 5.41) is 11.9. The summed E-state index contributed by atoms with van der Waals surface area (Å²) < 4.78 is 20.9. The summed E-state index contributed by atoms with van der Waals surface area (Å²) in [5.41, 5.74) is 1.15. The van der Waals surface area contributed by atoms with Crippen LogP contribution >= 0.6 is 0 Å². The van der Waals surface area contributed by atoms with E-state index < -0.39 is 5.82 Å². The van der Waals surface area contributed by atoms with Gasteiger partial charge in [0.15, 0.2) is 11.6 Å². The SMILES string of the molecule is O=[N+]([O-])c1ccc(F)c(OCc2ccccc2)c1C12CC3CC(CC(C3)C1)C2. The highest BCUT2D eigenvalue weighted by molar-refractivity contribution is 5.56. The summed E-state index contributed by atoms with van der Waals surface area (Å²) in [4.78, 5) is 11.5. The number of ether oxygens (including phenoxy) is 1. The summed E-state index contributed by atoms with van der Waals surface area (Å²) in [6, 6.07) is 12.1. The number of hydrogen-bond donors (Lipinski definition) is 0. The number of hydrogen-bond acceptors (Lipinski definition) is 3. The van der Waals surface area contributed by atoms with Crippen molar-refractivity contribution in [1.82, 2.24) is 0 Å². The van der Waals surface area contributed by atoms with Crippen LogP contribution in [0.4, 0.5) is 10.1 Å². The van der Waals surface area contributed by atoms with E-state index in [0.717, 1.165) is 24.8 Å². The van der Waals surface area contributed by atoms with Crippen LogP contribution in [0.3, 0.4) is 0 Å². The van der Waals surface area contributed by atoms with Crippen molar-refractivity contribution in [2.45, 2.75) is 50.5 Å². The molecule has 4 fully saturated rings. The third-order valence-corrected chi connectivity index (χ3v) is 7.08. The van der Waals surface area contributed by atoms with Gasteiger partial charge in [0.25, 0.3) is 5.69 Å². The first-order valence-electron chi connectivity index (χ1n) is 10.2. The van der Waals surface area contributed by atoms with Crippen LogP contribution in [0.2, 0.25) is 0 Å². The molecule has 4 bridgehead atoms. The maximum Gasteiger partial charge on any atom is 0.277 e. The molecule has 146 valence electrons. The van der Waals surface area contributed by atoms with E-state index in [1.54, 1.807) is 0 Å². The van der Waals surface area contributed by atoms with Gasteiger partial charge in [-0.2, -0.15) is 0 Å². The Hall–Kier alpha value is -2.43. The highest BCUT2D eigenvalue weighted by atomic mass is 19.1. The molecule has 0 spiro atoms. The minimum absolute atomic E-state index is 0.0198. The highest BCUT2D eigenvalue weighted by Crippen LogP contribution is 2.63. The van der Waals surface area contributed by atoms with Crippen LogP contribution in [0, 0.1) is 33.7 Å². The topological polar surface area (TPSA) is 52.4 Å². The molecule has 2 aromatic carbocycles. The number of nitro groups is 1. The Morgan fingerprint density at radius 3 is 2.18 bits per heavy atom. The average Bonchev–Trinajstić information content (AvgIpc) is 2.66. The predicted octanol–water partition coefficient (Wildman–Crippen LogP) is 5.78. The van der Waals surface area contributed by atoms with Gasteiger partial charge in [-0.1, -0.05) is 30.3 Å². The molecule has 0 aromatic heterocycles. The summed E-state index contributed by atoms with van der Waals surface area (Å²) in [6.45, 7) is 0.207. The van der Waals surface area contributed by atoms with E-state index in [2.05, 4.69) is 0 Å². The van der Waals surface area contributed by atoms with Gasteiger partial charge in [0.2, 0.25) is 0 Å². The second-order valence-electron chi connectivity index (χ2n) is 9.00. The third-order valence-electron chi connectivity index (χ3n) is 7.08. The summed E-state index contributed by atoms with van der Waals surface area (Å²) in [7, 11) is 0. The molecule has 0 N–H and O–H groups in total. The van der Waals surface area contributed by atoms with Gasteiger partial charge in [-0.3, -0.25) is 10.1 Å². The van der Waals surface area contributed by atoms with Gasteiger partial charge in [0.05, 0.1) is 10.5 Å². The summed E-state index contributed by atoms with van der Waals surface area (Å²) in [5.74, 6) is 1.43. The largest absolute Gasteiger partial charge is 0.485 e. The number of nitrogens with zero attached hydrogens (tertiary/aromatic N) is 1. The van der Waals surface area contributed by atoms with Gasteiger partial charge in [-0.25, -0.2) is 4.39 Å². The van der Waals surface area contributed by atoms with Crippen LogP contribution in [0.1, 0.15) is 49.7 Å². The lowest BCUT2D eigenvalue weighted by Crippen LogP contribution is -2.49. The minimum Gasteiger partial charge on any atom is -0.485 e. The molecule has 0 amide bonds. The van der Waals surface area contributed by atoms with Crippen molar-refractivity contribution in [3.8, 4) is 5.75 Å². The fraction of sp³-hybridized carbons (Fsp3) is 0.478. The van der Waals surface area contributed by atoms with Crippen LogP contribution in [0.5, 0.6) is 5.75 Å². The van der Waals surface area contributed by atoms with E-state index in [1.165, 1.54) is 31.4 Å². The van der Waals surface area contributed by atoms with E-state index in [-0.39, 0.29) is 28.4 Å². The quantitative estimate of drug-likeness (QED) is 0.487. The van der Waals surface area contributed by atoms with E-state index >= 15 is 0 Å². The zero-order chi connectivity index (χ0) is 19.3. The Morgan fingerprint density at radius 1 is 1.00 bits per heavy atom. The van der Waals surface area contributed by atoms with Crippen molar-refractivity contribution in [2.24, 2.45) is 17.8 Å². The van der Waals surface area contributed by atoms with Crippen LogP contribution in [0.25, 0.3) is 0 Å². The number of halogens is 1. The van der Waals surface area contributed by atoms with Gasteiger partial charge < -0.3 is 4.74 Å². The molecule has 0 radical (unpaired) electrons.